The minimum atomic E-state index is -0.286. The minimum absolute atomic E-state index is 0.254. The lowest BCUT2D eigenvalue weighted by Gasteiger charge is -2.17. The molecule has 3 aromatic rings. The first-order valence-corrected chi connectivity index (χ1v) is 8.94. The van der Waals surface area contributed by atoms with Gasteiger partial charge in [-0.25, -0.2) is 0 Å². The van der Waals surface area contributed by atoms with E-state index in [9.17, 15) is 4.79 Å². The highest BCUT2D eigenvalue weighted by Crippen LogP contribution is 2.30. The van der Waals surface area contributed by atoms with Gasteiger partial charge in [-0.15, -0.1) is 0 Å². The molecule has 3 rings (SSSR count). The minimum Gasteiger partial charge on any atom is -0.497 e. The van der Waals surface area contributed by atoms with Crippen LogP contribution in [0.15, 0.2) is 24.3 Å². The number of aryl methyl sites for hydroxylation is 2. The van der Waals surface area contributed by atoms with Gasteiger partial charge in [0.1, 0.15) is 17.2 Å². The number of hydrogen-bond donors (Lipinski definition) is 2. The lowest BCUT2D eigenvalue weighted by atomic mass is 10.1. The van der Waals surface area contributed by atoms with E-state index in [0.717, 1.165) is 22.5 Å². The van der Waals surface area contributed by atoms with Crippen molar-refractivity contribution in [2.75, 3.05) is 14.2 Å². The van der Waals surface area contributed by atoms with Gasteiger partial charge in [-0.05, 0) is 45.0 Å². The topological polar surface area (TPSA) is 94.1 Å². The molecule has 0 aliphatic carbocycles. The molecule has 28 heavy (non-hydrogen) atoms. The fourth-order valence-corrected chi connectivity index (χ4v) is 3.24. The summed E-state index contributed by atoms with van der Waals surface area (Å²) < 4.78 is 12.5. The molecule has 1 unspecified atom stereocenters. The van der Waals surface area contributed by atoms with Crippen LogP contribution in [-0.4, -0.2) is 40.1 Å². The van der Waals surface area contributed by atoms with Crippen LogP contribution in [0, 0.1) is 13.8 Å². The lowest BCUT2D eigenvalue weighted by molar-refractivity contribution is 0.0934. The van der Waals surface area contributed by atoms with Gasteiger partial charge in [-0.1, -0.05) is 0 Å². The average molecular weight is 383 g/mol. The van der Waals surface area contributed by atoms with Crippen LogP contribution < -0.4 is 14.8 Å². The summed E-state index contributed by atoms with van der Waals surface area (Å²) >= 11 is 0. The standard InChI is InChI=1S/C20H25N5O3/c1-11(15-9-14(27-5)7-8-18(15)28-6)21-20(26)17-10-16(22-23-17)19-12(2)24-25(4)13(19)3/h7-11H,1-6H3,(H,21,26)(H,22,23). The molecule has 0 aliphatic rings. The van der Waals surface area contributed by atoms with Crippen LogP contribution >= 0.6 is 0 Å². The summed E-state index contributed by atoms with van der Waals surface area (Å²) in [5, 5.41) is 14.5. The van der Waals surface area contributed by atoms with Crippen molar-refractivity contribution >= 4 is 5.91 Å². The van der Waals surface area contributed by atoms with Crippen molar-refractivity contribution in [3.63, 3.8) is 0 Å². The van der Waals surface area contributed by atoms with E-state index in [0.29, 0.717) is 22.9 Å². The number of aromatic nitrogens is 4. The molecule has 2 aromatic heterocycles. The van der Waals surface area contributed by atoms with Crippen LogP contribution in [0.1, 0.15) is 40.4 Å². The van der Waals surface area contributed by atoms with Gasteiger partial charge in [0.2, 0.25) is 0 Å². The number of amides is 1. The molecule has 0 radical (unpaired) electrons. The van der Waals surface area contributed by atoms with Crippen molar-refractivity contribution in [3.8, 4) is 22.8 Å². The van der Waals surface area contributed by atoms with E-state index < -0.39 is 0 Å². The third-order valence-corrected chi connectivity index (χ3v) is 4.84. The zero-order valence-electron chi connectivity index (χ0n) is 17.0. The van der Waals surface area contributed by atoms with Gasteiger partial charge in [-0.3, -0.25) is 14.6 Å². The van der Waals surface area contributed by atoms with Crippen molar-refractivity contribution in [3.05, 3.63) is 46.9 Å². The summed E-state index contributed by atoms with van der Waals surface area (Å²) in [5.74, 6) is 1.12. The van der Waals surface area contributed by atoms with Gasteiger partial charge < -0.3 is 14.8 Å². The Balaban J connectivity index is 1.82. The molecule has 2 heterocycles. The van der Waals surface area contributed by atoms with Crippen LogP contribution in [0.2, 0.25) is 0 Å². The molecular formula is C20H25N5O3. The molecule has 0 spiro atoms. The van der Waals surface area contributed by atoms with Gasteiger partial charge in [0.25, 0.3) is 5.91 Å². The number of rotatable bonds is 6. The highest BCUT2D eigenvalue weighted by Gasteiger charge is 2.20. The first-order valence-electron chi connectivity index (χ1n) is 8.94. The molecule has 1 atom stereocenters. The Morgan fingerprint density at radius 2 is 1.96 bits per heavy atom. The molecule has 8 nitrogen and oxygen atoms in total. The fourth-order valence-electron chi connectivity index (χ4n) is 3.24. The van der Waals surface area contributed by atoms with E-state index in [1.165, 1.54) is 0 Å². The number of nitrogens with one attached hydrogen (secondary N) is 2. The smallest absolute Gasteiger partial charge is 0.269 e. The quantitative estimate of drug-likeness (QED) is 0.683. The van der Waals surface area contributed by atoms with Crippen LogP contribution in [0.3, 0.4) is 0 Å². The van der Waals surface area contributed by atoms with Crippen molar-refractivity contribution in [2.24, 2.45) is 7.05 Å². The number of benzene rings is 1. The molecule has 148 valence electrons. The van der Waals surface area contributed by atoms with Gasteiger partial charge in [0.05, 0.1) is 31.6 Å². The SMILES string of the molecule is COc1ccc(OC)c(C(C)NC(=O)c2cc(-c3c(C)nn(C)c3C)n[nH]2)c1. The van der Waals surface area contributed by atoms with Crippen molar-refractivity contribution in [1.29, 1.82) is 0 Å². The van der Waals surface area contributed by atoms with E-state index >= 15 is 0 Å². The zero-order chi connectivity index (χ0) is 20.4. The predicted octanol–water partition coefficient (Wildman–Crippen LogP) is 2.94. The number of hydrogen-bond acceptors (Lipinski definition) is 5. The van der Waals surface area contributed by atoms with Crippen LogP contribution in [-0.2, 0) is 7.05 Å². The Kier molecular flexibility index (Phi) is 5.39. The van der Waals surface area contributed by atoms with Crippen molar-refractivity contribution < 1.29 is 14.3 Å². The Labute approximate surface area is 163 Å². The Morgan fingerprint density at radius 1 is 1.21 bits per heavy atom. The second kappa shape index (κ2) is 7.75. The molecule has 0 saturated heterocycles. The van der Waals surface area contributed by atoms with Gasteiger partial charge in [-0.2, -0.15) is 10.2 Å². The number of methoxy groups -OCH3 is 2. The predicted molar refractivity (Wildman–Crippen MR) is 106 cm³/mol. The maximum absolute atomic E-state index is 12.7. The van der Waals surface area contributed by atoms with Gasteiger partial charge in [0, 0.05) is 23.9 Å². The molecule has 0 saturated carbocycles. The van der Waals surface area contributed by atoms with Crippen LogP contribution in [0.4, 0.5) is 0 Å². The van der Waals surface area contributed by atoms with E-state index in [2.05, 4.69) is 20.6 Å². The van der Waals surface area contributed by atoms with Gasteiger partial charge in [0.15, 0.2) is 0 Å². The number of H-pyrrole nitrogens is 1. The maximum atomic E-state index is 12.7. The molecule has 1 amide bonds. The lowest BCUT2D eigenvalue weighted by Crippen LogP contribution is -2.27. The van der Waals surface area contributed by atoms with Crippen LogP contribution in [0.5, 0.6) is 11.5 Å². The Hall–Kier alpha value is -3.29. The third kappa shape index (κ3) is 3.58. The summed E-state index contributed by atoms with van der Waals surface area (Å²) in [7, 11) is 5.08. The van der Waals surface area contributed by atoms with E-state index in [-0.39, 0.29) is 11.9 Å². The number of carbonyl (C=O) groups excluding carboxylic acids is 1. The first kappa shape index (κ1) is 19.5. The Bertz CT molecular complexity index is 1010. The van der Waals surface area contributed by atoms with E-state index in [1.807, 2.05) is 46.0 Å². The maximum Gasteiger partial charge on any atom is 0.269 e. The average Bonchev–Trinajstić information content (AvgIpc) is 3.25. The van der Waals surface area contributed by atoms with E-state index in [4.69, 9.17) is 9.47 Å². The molecule has 0 bridgehead atoms. The second-order valence-electron chi connectivity index (χ2n) is 6.64. The molecule has 8 heteroatoms. The number of ether oxygens (including phenoxy) is 2. The van der Waals surface area contributed by atoms with Crippen molar-refractivity contribution in [2.45, 2.75) is 26.8 Å². The summed E-state index contributed by atoms with van der Waals surface area (Å²) in [6.45, 7) is 5.79. The fraction of sp³-hybridized carbons (Fsp3) is 0.350. The van der Waals surface area contributed by atoms with Gasteiger partial charge >= 0.3 is 0 Å². The second-order valence-corrected chi connectivity index (χ2v) is 6.64. The molecule has 0 aliphatic heterocycles. The number of nitrogens with zero attached hydrogens (tertiary/aromatic N) is 3. The molecular weight excluding hydrogens is 358 g/mol. The normalized spacial score (nSPS) is 11.9. The summed E-state index contributed by atoms with van der Waals surface area (Å²) in [5.41, 5.74) is 4.69. The van der Waals surface area contributed by atoms with E-state index in [1.54, 1.807) is 25.0 Å². The first-order chi connectivity index (χ1) is 13.3. The highest BCUT2D eigenvalue weighted by molar-refractivity contribution is 5.93. The molecule has 1 aromatic carbocycles. The summed E-state index contributed by atoms with van der Waals surface area (Å²) in [4.78, 5) is 12.7. The molecule has 2 N–H and O–H groups in total. The number of carbonyl (C=O) groups is 1. The summed E-state index contributed by atoms with van der Waals surface area (Å²) in [6, 6.07) is 6.94. The largest absolute Gasteiger partial charge is 0.497 e. The third-order valence-electron chi connectivity index (χ3n) is 4.84. The van der Waals surface area contributed by atoms with Crippen molar-refractivity contribution in [1.82, 2.24) is 25.3 Å². The van der Waals surface area contributed by atoms with Crippen LogP contribution in [0.25, 0.3) is 11.3 Å². The molecule has 0 fully saturated rings. The monoisotopic (exact) mass is 383 g/mol. The Morgan fingerprint density at radius 3 is 2.57 bits per heavy atom. The summed E-state index contributed by atoms with van der Waals surface area (Å²) in [6.07, 6.45) is 0. The highest BCUT2D eigenvalue weighted by atomic mass is 16.5. The zero-order valence-corrected chi connectivity index (χ0v) is 17.0. The number of aromatic amines is 1.